The molecule has 13 nitrogen and oxygen atoms in total. The molecule has 2 heterocycles. The number of carbonyl (C=O) groups is 5. The summed E-state index contributed by atoms with van der Waals surface area (Å²) in [5.74, 6) is -0.893. The van der Waals surface area contributed by atoms with Crippen LogP contribution in [0.3, 0.4) is 0 Å². The molecule has 3 fully saturated rings. The predicted molar refractivity (Wildman–Crippen MR) is 191 cm³/mol. The minimum absolute atomic E-state index is 0.00436. The molecule has 2 saturated carbocycles. The van der Waals surface area contributed by atoms with Gasteiger partial charge in [-0.1, -0.05) is 66.0 Å². The zero-order chi connectivity index (χ0) is 37.8. The molecule has 3 aliphatic rings. The first-order chi connectivity index (χ1) is 23.9. The average molecular weight is 725 g/mol. The van der Waals surface area contributed by atoms with Gasteiger partial charge in [0.15, 0.2) is 14.9 Å². The Hall–Kier alpha value is -4.25. The van der Waals surface area contributed by atoms with Crippen molar-refractivity contribution in [3.05, 3.63) is 37.1 Å². The molecule has 5 amide bonds. The Kier molecular flexibility index (Phi) is 12.1. The number of fused-ring (bicyclic) bond motifs is 1. The van der Waals surface area contributed by atoms with Crippen molar-refractivity contribution in [3.63, 3.8) is 0 Å². The van der Waals surface area contributed by atoms with Crippen LogP contribution in [0.5, 0.6) is 0 Å². The third kappa shape index (κ3) is 8.98. The van der Waals surface area contributed by atoms with Crippen molar-refractivity contribution in [2.24, 2.45) is 22.7 Å². The number of urea groups is 1. The second kappa shape index (κ2) is 15.6. The number of sulfone groups is 1. The van der Waals surface area contributed by atoms with Crippen molar-refractivity contribution in [3.8, 4) is 12.3 Å². The molecule has 1 aromatic heterocycles. The quantitative estimate of drug-likeness (QED) is 0.128. The van der Waals surface area contributed by atoms with Crippen LogP contribution in [0.4, 0.5) is 4.79 Å². The number of ketones is 1. The Bertz CT molecular complexity index is 1660. The molecule has 5 atom stereocenters. The molecule has 1 aliphatic heterocycles. The fraction of sp³-hybridized carbons (Fsp3) is 0.622. The number of rotatable bonds is 14. The summed E-state index contributed by atoms with van der Waals surface area (Å²) in [6.45, 7) is 13.3. The molecule has 14 heteroatoms. The molecule has 0 spiro atoms. The van der Waals surface area contributed by atoms with E-state index in [1.807, 2.05) is 13.8 Å². The zero-order valence-electron chi connectivity index (χ0n) is 30.3. The maximum absolute atomic E-state index is 14.5. The molecule has 4 rings (SSSR count). The Labute approximate surface area is 301 Å². The van der Waals surface area contributed by atoms with Gasteiger partial charge in [0.05, 0.1) is 17.3 Å². The first-order valence-corrected chi connectivity index (χ1v) is 19.2. The lowest BCUT2D eigenvalue weighted by Crippen LogP contribution is -2.63. The van der Waals surface area contributed by atoms with Crippen LogP contribution in [0.1, 0.15) is 79.6 Å². The molecule has 278 valence electrons. The van der Waals surface area contributed by atoms with Gasteiger partial charge < -0.3 is 26.2 Å². The maximum Gasteiger partial charge on any atom is 0.315 e. The minimum atomic E-state index is -3.85. The van der Waals surface area contributed by atoms with Gasteiger partial charge >= 0.3 is 6.03 Å². The summed E-state index contributed by atoms with van der Waals surface area (Å²) in [6, 6.07) is 0.721. The second-order valence-corrected chi connectivity index (χ2v) is 17.7. The summed E-state index contributed by atoms with van der Waals surface area (Å²) >= 11 is 0. The van der Waals surface area contributed by atoms with E-state index in [2.05, 4.69) is 38.8 Å². The molecule has 2 aliphatic carbocycles. The number of nitrogens with zero attached hydrogens (tertiary/aromatic N) is 2. The third-order valence-electron chi connectivity index (χ3n) is 10.6. The molecule has 51 heavy (non-hydrogen) atoms. The number of hydrogen-bond acceptors (Lipinski definition) is 8. The van der Waals surface area contributed by atoms with E-state index in [1.165, 1.54) is 23.2 Å². The summed E-state index contributed by atoms with van der Waals surface area (Å²) in [7, 11) is -3.85. The van der Waals surface area contributed by atoms with Crippen LogP contribution in [0.2, 0.25) is 0 Å². The summed E-state index contributed by atoms with van der Waals surface area (Å²) < 4.78 is 26.8. The molecule has 0 bridgehead atoms. The maximum atomic E-state index is 14.5. The molecule has 0 aromatic carbocycles. The number of carbonyl (C=O) groups excluding carboxylic acids is 5. The number of hydrogen-bond donors (Lipinski definition) is 4. The normalized spacial score (nSPS) is 23.0. The largest absolute Gasteiger partial charge is 0.346 e. The number of Topliss-reactive ketones (excluding diaryl/α,β-unsaturated/α-hetero) is 1. The Balaban J connectivity index is 1.56. The molecular weight excluding hydrogens is 673 g/mol. The van der Waals surface area contributed by atoms with Crippen LogP contribution < -0.4 is 21.3 Å². The highest BCUT2D eigenvalue weighted by atomic mass is 32.2. The second-order valence-electron chi connectivity index (χ2n) is 15.7. The smallest absolute Gasteiger partial charge is 0.315 e. The lowest BCUT2D eigenvalue weighted by atomic mass is 9.83. The van der Waals surface area contributed by atoms with Gasteiger partial charge in [-0.2, -0.15) is 0 Å². The fourth-order valence-electron chi connectivity index (χ4n) is 7.70. The molecule has 5 unspecified atom stereocenters. The number of likely N-dealkylation sites (tertiary alicyclic amines) is 1. The van der Waals surface area contributed by atoms with Gasteiger partial charge in [0.1, 0.15) is 12.1 Å². The van der Waals surface area contributed by atoms with Crippen molar-refractivity contribution >= 4 is 39.4 Å². The first-order valence-electron chi connectivity index (χ1n) is 17.6. The highest BCUT2D eigenvalue weighted by molar-refractivity contribution is 7.91. The van der Waals surface area contributed by atoms with E-state index in [0.717, 1.165) is 19.3 Å². The highest BCUT2D eigenvalue weighted by Gasteiger charge is 2.70. The van der Waals surface area contributed by atoms with Gasteiger partial charge in [-0.15, -0.1) is 18.9 Å². The monoisotopic (exact) mass is 724 g/mol. The van der Waals surface area contributed by atoms with E-state index in [0.29, 0.717) is 12.8 Å². The van der Waals surface area contributed by atoms with Crippen molar-refractivity contribution in [1.29, 1.82) is 0 Å². The van der Waals surface area contributed by atoms with E-state index >= 15 is 0 Å². The van der Waals surface area contributed by atoms with E-state index in [4.69, 9.17) is 6.42 Å². The lowest BCUT2D eigenvalue weighted by Gasteiger charge is -2.40. The highest BCUT2D eigenvalue weighted by Crippen LogP contribution is 2.65. The Morgan fingerprint density at radius 2 is 1.80 bits per heavy atom. The average Bonchev–Trinajstić information content (AvgIpc) is 3.38. The predicted octanol–water partition coefficient (Wildman–Crippen LogP) is 2.52. The summed E-state index contributed by atoms with van der Waals surface area (Å²) in [4.78, 5) is 73.3. The number of aromatic nitrogens is 1. The molecule has 1 saturated heterocycles. The fourth-order valence-corrected chi connectivity index (χ4v) is 9.45. The van der Waals surface area contributed by atoms with E-state index in [1.54, 1.807) is 32.9 Å². The minimum Gasteiger partial charge on any atom is -0.346 e. The summed E-state index contributed by atoms with van der Waals surface area (Å²) in [5.41, 5.74) is -2.14. The first kappa shape index (κ1) is 39.5. The molecule has 1 aromatic rings. The van der Waals surface area contributed by atoms with Crippen LogP contribution in [-0.4, -0.2) is 90.3 Å². The van der Waals surface area contributed by atoms with Crippen LogP contribution in [0.25, 0.3) is 0 Å². The zero-order valence-corrected chi connectivity index (χ0v) is 31.1. The van der Waals surface area contributed by atoms with Gasteiger partial charge in [-0.3, -0.25) is 19.2 Å². The van der Waals surface area contributed by atoms with E-state index in [-0.39, 0.29) is 54.0 Å². The molecule has 0 radical (unpaired) electrons. The van der Waals surface area contributed by atoms with Crippen LogP contribution in [0.15, 0.2) is 42.1 Å². The van der Waals surface area contributed by atoms with E-state index in [9.17, 15) is 32.4 Å². The van der Waals surface area contributed by atoms with Crippen LogP contribution in [-0.2, 0) is 29.0 Å². The molecular formula is C37H52N6O7S. The topological polar surface area (TPSA) is 184 Å². The van der Waals surface area contributed by atoms with E-state index < -0.39 is 68.5 Å². The van der Waals surface area contributed by atoms with Gasteiger partial charge in [-0.05, 0) is 54.1 Å². The van der Waals surface area contributed by atoms with Gasteiger partial charge in [0, 0.05) is 25.7 Å². The van der Waals surface area contributed by atoms with Crippen LogP contribution in [0, 0.1) is 35.0 Å². The Morgan fingerprint density at radius 1 is 1.12 bits per heavy atom. The number of amides is 5. The summed E-state index contributed by atoms with van der Waals surface area (Å²) in [6.07, 6.45) is 11.7. The summed E-state index contributed by atoms with van der Waals surface area (Å²) in [5, 5.41) is 10.9. The standard InChI is InChI=1S/C37H52N6O7S/c1-8-10-16-25(29(44)32(46)39-20-9-2)40-31(45)28-27-24(36(27,6)7)22-43(28)33(47)30(35(3,4)5)41-34(48)42-37(18-13-11-14-19-37)23-51(49,50)26-17-12-15-21-38-26/h1,9,12,15,17,21,24-25,27-28,30H,2,10-11,13-14,16,18-20,22-23H2,3-7H3,(H,39,46)(H,40,45)(H2,41,42,48). The van der Waals surface area contributed by atoms with Crippen molar-refractivity contribution < 1.29 is 32.4 Å². The number of terminal acetylenes is 1. The molecule has 4 N–H and O–H groups in total. The van der Waals surface area contributed by atoms with Gasteiger partial charge in [-0.25, -0.2) is 18.2 Å². The van der Waals surface area contributed by atoms with Gasteiger partial charge in [0.25, 0.3) is 5.91 Å². The number of piperidine rings is 1. The lowest BCUT2D eigenvalue weighted by molar-refractivity contribution is -0.145. The van der Waals surface area contributed by atoms with Crippen molar-refractivity contribution in [2.75, 3.05) is 18.8 Å². The Morgan fingerprint density at radius 3 is 2.39 bits per heavy atom. The number of nitrogens with one attached hydrogen (secondary N) is 4. The number of pyridine rings is 1. The van der Waals surface area contributed by atoms with Crippen molar-refractivity contribution in [2.45, 2.75) is 108 Å². The van der Waals surface area contributed by atoms with Crippen LogP contribution >= 0.6 is 0 Å². The third-order valence-corrected chi connectivity index (χ3v) is 12.4. The SMILES string of the molecule is C#CCCC(NC(=O)C1C2C(CN1C(=O)C(NC(=O)NC1(CS(=O)(=O)c3ccccn3)CCCCC1)C(C)(C)C)C2(C)C)C(=O)C(=O)NCC=C. The van der Waals surface area contributed by atoms with Crippen molar-refractivity contribution in [1.82, 2.24) is 31.2 Å². The van der Waals surface area contributed by atoms with Gasteiger partial charge in [0.2, 0.25) is 17.6 Å².